The molecule has 0 saturated heterocycles. The summed E-state index contributed by atoms with van der Waals surface area (Å²) in [5.74, 6) is 0.462. The molecule has 2 aromatic rings. The standard InChI is InChI=1S/C16H15BrN8/c1-11-8-21-16(20-5-6-25-10-19-9-22-25)24-15(11)12(7-18)13-3-2-4-14(17)23-13/h2-4,8-10,23H,5-6H2,1H3,(H,20,21,24)/b13-12+. The van der Waals surface area contributed by atoms with Gasteiger partial charge in [0.1, 0.15) is 24.3 Å². The topological polar surface area (TPSA) is 104 Å². The van der Waals surface area contributed by atoms with E-state index in [-0.39, 0.29) is 0 Å². The first-order valence-electron chi connectivity index (χ1n) is 7.53. The van der Waals surface area contributed by atoms with Crippen molar-refractivity contribution in [1.29, 1.82) is 5.26 Å². The summed E-state index contributed by atoms with van der Waals surface area (Å²) in [4.78, 5) is 12.7. The van der Waals surface area contributed by atoms with E-state index in [0.717, 1.165) is 10.2 Å². The first-order valence-corrected chi connectivity index (χ1v) is 8.32. The Hall–Kier alpha value is -2.99. The first-order chi connectivity index (χ1) is 12.2. The molecule has 0 aliphatic carbocycles. The fraction of sp³-hybridized carbons (Fsp3) is 0.188. The van der Waals surface area contributed by atoms with Crippen molar-refractivity contribution in [2.75, 3.05) is 11.9 Å². The van der Waals surface area contributed by atoms with Gasteiger partial charge in [0.05, 0.1) is 22.5 Å². The summed E-state index contributed by atoms with van der Waals surface area (Å²) >= 11 is 3.38. The largest absolute Gasteiger partial charge is 0.352 e. The Kier molecular flexibility index (Phi) is 5.20. The van der Waals surface area contributed by atoms with Crippen LogP contribution in [0.15, 0.2) is 47.4 Å². The minimum absolute atomic E-state index is 0.459. The average Bonchev–Trinajstić information content (AvgIpc) is 3.12. The first kappa shape index (κ1) is 16.9. The smallest absolute Gasteiger partial charge is 0.223 e. The predicted octanol–water partition coefficient (Wildman–Crippen LogP) is 2.12. The van der Waals surface area contributed by atoms with Gasteiger partial charge in [0.15, 0.2) is 0 Å². The van der Waals surface area contributed by atoms with Crippen LogP contribution in [-0.4, -0.2) is 31.3 Å². The van der Waals surface area contributed by atoms with E-state index >= 15 is 0 Å². The Morgan fingerprint density at radius 1 is 1.48 bits per heavy atom. The van der Waals surface area contributed by atoms with E-state index in [9.17, 15) is 5.26 Å². The fourth-order valence-corrected chi connectivity index (χ4v) is 2.60. The molecule has 0 bridgehead atoms. The highest BCUT2D eigenvalue weighted by atomic mass is 79.9. The summed E-state index contributed by atoms with van der Waals surface area (Å²) in [6.07, 6.45) is 10.4. The van der Waals surface area contributed by atoms with Gasteiger partial charge >= 0.3 is 0 Å². The monoisotopic (exact) mass is 398 g/mol. The minimum Gasteiger partial charge on any atom is -0.352 e. The second kappa shape index (κ2) is 7.72. The lowest BCUT2D eigenvalue weighted by molar-refractivity contribution is 0.634. The van der Waals surface area contributed by atoms with Crippen molar-refractivity contribution >= 4 is 27.5 Å². The third-order valence-electron chi connectivity index (χ3n) is 3.44. The Morgan fingerprint density at radius 3 is 3.08 bits per heavy atom. The van der Waals surface area contributed by atoms with Crippen molar-refractivity contribution in [2.45, 2.75) is 13.5 Å². The van der Waals surface area contributed by atoms with E-state index in [1.807, 2.05) is 25.2 Å². The van der Waals surface area contributed by atoms with Gasteiger partial charge < -0.3 is 10.6 Å². The molecule has 0 saturated carbocycles. The van der Waals surface area contributed by atoms with Crippen LogP contribution >= 0.6 is 15.9 Å². The summed E-state index contributed by atoms with van der Waals surface area (Å²) in [5, 5.41) is 19.9. The molecule has 0 radical (unpaired) electrons. The number of hydrogen-bond acceptors (Lipinski definition) is 7. The van der Waals surface area contributed by atoms with Crippen LogP contribution in [0.25, 0.3) is 5.57 Å². The number of rotatable bonds is 5. The molecule has 0 aromatic carbocycles. The summed E-state index contributed by atoms with van der Waals surface area (Å²) in [6.45, 7) is 3.11. The predicted molar refractivity (Wildman–Crippen MR) is 97.1 cm³/mol. The molecule has 2 N–H and O–H groups in total. The van der Waals surface area contributed by atoms with Crippen LogP contribution in [0.2, 0.25) is 0 Å². The van der Waals surface area contributed by atoms with Crippen molar-refractivity contribution < 1.29 is 0 Å². The molecule has 0 atom stereocenters. The molecule has 1 aliphatic heterocycles. The number of aromatic nitrogens is 5. The van der Waals surface area contributed by atoms with Crippen molar-refractivity contribution in [3.63, 3.8) is 0 Å². The molecule has 1 aliphatic rings. The van der Waals surface area contributed by atoms with Gasteiger partial charge in [-0.15, -0.1) is 0 Å². The second-order valence-corrected chi connectivity index (χ2v) is 6.06. The van der Waals surface area contributed by atoms with E-state index in [1.54, 1.807) is 17.2 Å². The summed E-state index contributed by atoms with van der Waals surface area (Å²) < 4.78 is 2.50. The zero-order chi connectivity index (χ0) is 17.6. The number of dihydropyridines is 1. The SMILES string of the molecule is Cc1cnc(NCCn2cncn2)nc1/C(C#N)=C1\C=CC=C(Br)N1. The maximum atomic E-state index is 9.62. The van der Waals surface area contributed by atoms with E-state index in [1.165, 1.54) is 6.33 Å². The van der Waals surface area contributed by atoms with E-state index in [0.29, 0.717) is 36.0 Å². The molecule has 0 fully saturated rings. The molecule has 0 spiro atoms. The van der Waals surface area contributed by atoms with Crippen LogP contribution in [-0.2, 0) is 6.54 Å². The number of nitriles is 1. The number of nitrogens with one attached hydrogen (secondary N) is 2. The highest BCUT2D eigenvalue weighted by Gasteiger charge is 2.15. The molecule has 3 heterocycles. The van der Waals surface area contributed by atoms with Gasteiger partial charge in [-0.3, -0.25) is 4.68 Å². The van der Waals surface area contributed by atoms with E-state index in [2.05, 4.69) is 52.7 Å². The van der Waals surface area contributed by atoms with Crippen molar-refractivity contribution in [3.8, 4) is 6.07 Å². The Morgan fingerprint density at radius 2 is 2.36 bits per heavy atom. The molecule has 0 amide bonds. The maximum Gasteiger partial charge on any atom is 0.223 e. The third-order valence-corrected chi connectivity index (χ3v) is 3.90. The number of halogens is 1. The van der Waals surface area contributed by atoms with E-state index < -0.39 is 0 Å². The van der Waals surface area contributed by atoms with Gasteiger partial charge in [0.2, 0.25) is 5.95 Å². The lowest BCUT2D eigenvalue weighted by Crippen LogP contribution is -2.15. The number of nitrogens with zero attached hydrogens (tertiary/aromatic N) is 6. The van der Waals surface area contributed by atoms with Crippen LogP contribution in [0.4, 0.5) is 5.95 Å². The Balaban J connectivity index is 1.81. The van der Waals surface area contributed by atoms with Crippen LogP contribution in [0.3, 0.4) is 0 Å². The van der Waals surface area contributed by atoms with Crippen molar-refractivity contribution in [3.05, 3.63) is 58.6 Å². The second-order valence-electron chi connectivity index (χ2n) is 5.21. The molecule has 0 unspecified atom stereocenters. The van der Waals surface area contributed by atoms with Crippen LogP contribution in [0.1, 0.15) is 11.3 Å². The number of aryl methyl sites for hydroxylation is 1. The van der Waals surface area contributed by atoms with Gasteiger partial charge in [-0.25, -0.2) is 15.0 Å². The molecule has 126 valence electrons. The molecule has 9 heteroatoms. The van der Waals surface area contributed by atoms with Crippen LogP contribution in [0, 0.1) is 18.3 Å². The molecular formula is C16H15BrN8. The number of anilines is 1. The highest BCUT2D eigenvalue weighted by molar-refractivity contribution is 9.11. The van der Waals surface area contributed by atoms with Crippen molar-refractivity contribution in [1.82, 2.24) is 30.0 Å². The van der Waals surface area contributed by atoms with Gasteiger partial charge in [-0.1, -0.05) is 6.08 Å². The lowest BCUT2D eigenvalue weighted by atomic mass is 10.1. The minimum atomic E-state index is 0.459. The Bertz CT molecular complexity index is 889. The fourth-order valence-electron chi connectivity index (χ4n) is 2.24. The maximum absolute atomic E-state index is 9.62. The molecule has 2 aromatic heterocycles. The molecular weight excluding hydrogens is 384 g/mol. The highest BCUT2D eigenvalue weighted by Crippen LogP contribution is 2.23. The van der Waals surface area contributed by atoms with Gasteiger partial charge in [0, 0.05) is 12.7 Å². The molecule has 8 nitrogen and oxygen atoms in total. The summed E-state index contributed by atoms with van der Waals surface area (Å²) in [5.41, 5.74) is 2.56. The number of hydrogen-bond donors (Lipinski definition) is 2. The van der Waals surface area contributed by atoms with E-state index in [4.69, 9.17) is 0 Å². The quantitative estimate of drug-likeness (QED) is 0.586. The zero-order valence-corrected chi connectivity index (χ0v) is 15.0. The van der Waals surface area contributed by atoms with Gasteiger partial charge in [-0.05, 0) is 40.6 Å². The van der Waals surface area contributed by atoms with Crippen molar-refractivity contribution in [2.24, 2.45) is 0 Å². The van der Waals surface area contributed by atoms with Gasteiger partial charge in [-0.2, -0.15) is 10.4 Å². The van der Waals surface area contributed by atoms with Crippen LogP contribution < -0.4 is 10.6 Å². The zero-order valence-electron chi connectivity index (χ0n) is 13.4. The third kappa shape index (κ3) is 4.10. The molecule has 3 rings (SSSR count). The normalized spacial score (nSPS) is 15.2. The summed E-state index contributed by atoms with van der Waals surface area (Å²) in [6, 6.07) is 2.23. The lowest BCUT2D eigenvalue weighted by Gasteiger charge is -2.14. The summed E-state index contributed by atoms with van der Waals surface area (Å²) in [7, 11) is 0. The molecule has 25 heavy (non-hydrogen) atoms. The number of allylic oxidation sites excluding steroid dienone is 4. The Labute approximate surface area is 153 Å². The van der Waals surface area contributed by atoms with Crippen LogP contribution in [0.5, 0.6) is 0 Å². The average molecular weight is 399 g/mol. The van der Waals surface area contributed by atoms with Gasteiger partial charge in [0.25, 0.3) is 0 Å².